The number of benzene rings is 1. The molecule has 1 fully saturated rings. The Hall–Kier alpha value is -1.81. The maximum atomic E-state index is 5.64. The molecule has 1 saturated heterocycles. The van der Waals surface area contributed by atoms with E-state index in [4.69, 9.17) is 4.74 Å². The van der Waals surface area contributed by atoms with Gasteiger partial charge >= 0.3 is 0 Å². The molecule has 112 valence electrons. The normalized spacial score (nSPS) is 18.1. The highest BCUT2D eigenvalue weighted by Crippen LogP contribution is 2.17. The number of anilines is 1. The van der Waals surface area contributed by atoms with E-state index in [1.54, 1.807) is 0 Å². The van der Waals surface area contributed by atoms with Crippen LogP contribution in [0.1, 0.15) is 29.5 Å². The first-order valence-electron chi connectivity index (χ1n) is 7.65. The molecule has 4 heteroatoms. The van der Waals surface area contributed by atoms with Crippen molar-refractivity contribution in [1.82, 2.24) is 9.78 Å². The van der Waals surface area contributed by atoms with Gasteiger partial charge in [0.1, 0.15) is 0 Å². The van der Waals surface area contributed by atoms with Crippen molar-refractivity contribution in [1.29, 1.82) is 0 Å². The third-order valence-corrected chi connectivity index (χ3v) is 4.25. The number of rotatable bonds is 5. The molecule has 1 N–H and O–H groups in total. The third-order valence-electron chi connectivity index (χ3n) is 4.25. The first-order valence-corrected chi connectivity index (χ1v) is 7.65. The third kappa shape index (κ3) is 3.45. The van der Waals surface area contributed by atoms with Crippen molar-refractivity contribution in [3.8, 4) is 0 Å². The van der Waals surface area contributed by atoms with Gasteiger partial charge in [-0.25, -0.2) is 0 Å². The molecule has 3 rings (SSSR count). The van der Waals surface area contributed by atoms with Gasteiger partial charge in [-0.05, 0) is 43.4 Å². The van der Waals surface area contributed by atoms with E-state index in [0.717, 1.165) is 31.8 Å². The van der Waals surface area contributed by atoms with Crippen molar-refractivity contribution in [3.63, 3.8) is 0 Å². The number of nitrogens with zero attached hydrogens (tertiary/aromatic N) is 2. The predicted octanol–water partition coefficient (Wildman–Crippen LogP) is 3.29. The van der Waals surface area contributed by atoms with Crippen LogP contribution in [0.5, 0.6) is 0 Å². The smallest absolute Gasteiger partial charge is 0.0771 e. The van der Waals surface area contributed by atoms with Crippen LogP contribution in [-0.4, -0.2) is 22.5 Å². The van der Waals surface area contributed by atoms with E-state index in [9.17, 15) is 0 Å². The van der Waals surface area contributed by atoms with Crippen LogP contribution in [0.15, 0.2) is 30.6 Å². The molecule has 1 aliphatic rings. The highest BCUT2D eigenvalue weighted by Gasteiger charge is 2.16. The van der Waals surface area contributed by atoms with Crippen LogP contribution in [-0.2, 0) is 17.8 Å². The average Bonchev–Trinajstić information content (AvgIpc) is 3.13. The summed E-state index contributed by atoms with van der Waals surface area (Å²) in [7, 11) is 0. The summed E-state index contributed by atoms with van der Waals surface area (Å²) in [5.41, 5.74) is 5.09. The number of nitrogens with one attached hydrogen (secondary N) is 1. The lowest BCUT2D eigenvalue weighted by molar-refractivity contribution is 0.0940. The maximum absolute atomic E-state index is 5.64. The molecule has 21 heavy (non-hydrogen) atoms. The number of aromatic nitrogens is 2. The molecular weight excluding hydrogens is 262 g/mol. The second-order valence-electron chi connectivity index (χ2n) is 5.80. The molecule has 0 radical (unpaired) electrons. The lowest BCUT2D eigenvalue weighted by Gasteiger charge is -2.10. The van der Waals surface area contributed by atoms with Crippen molar-refractivity contribution < 1.29 is 4.74 Å². The summed E-state index contributed by atoms with van der Waals surface area (Å²) >= 11 is 0. The fourth-order valence-corrected chi connectivity index (χ4v) is 2.75. The van der Waals surface area contributed by atoms with Crippen LogP contribution in [0.2, 0.25) is 0 Å². The quantitative estimate of drug-likeness (QED) is 0.916. The van der Waals surface area contributed by atoms with Gasteiger partial charge in [0.2, 0.25) is 0 Å². The maximum Gasteiger partial charge on any atom is 0.0771 e. The Morgan fingerprint density at radius 3 is 3.10 bits per heavy atom. The van der Waals surface area contributed by atoms with Gasteiger partial charge in [0.25, 0.3) is 0 Å². The minimum atomic E-state index is 0.330. The molecule has 0 bridgehead atoms. The van der Waals surface area contributed by atoms with E-state index in [2.05, 4.69) is 48.7 Å². The van der Waals surface area contributed by atoms with Crippen LogP contribution in [0.3, 0.4) is 0 Å². The molecule has 2 heterocycles. The fourth-order valence-electron chi connectivity index (χ4n) is 2.75. The highest BCUT2D eigenvalue weighted by atomic mass is 16.5. The van der Waals surface area contributed by atoms with Crippen LogP contribution in [0, 0.1) is 13.8 Å². The van der Waals surface area contributed by atoms with Gasteiger partial charge in [0.05, 0.1) is 24.5 Å². The van der Waals surface area contributed by atoms with Crippen LogP contribution in [0.4, 0.5) is 5.69 Å². The molecule has 0 saturated carbocycles. The van der Waals surface area contributed by atoms with Crippen molar-refractivity contribution in [2.75, 3.05) is 11.9 Å². The Balaban J connectivity index is 1.58. The van der Waals surface area contributed by atoms with E-state index in [-0.39, 0.29) is 0 Å². The zero-order valence-corrected chi connectivity index (χ0v) is 12.8. The second kappa shape index (κ2) is 6.31. The summed E-state index contributed by atoms with van der Waals surface area (Å²) in [5, 5.41) is 7.86. The molecule has 2 aromatic rings. The van der Waals surface area contributed by atoms with Gasteiger partial charge in [-0.1, -0.05) is 18.2 Å². The molecule has 0 amide bonds. The Morgan fingerprint density at radius 1 is 1.38 bits per heavy atom. The monoisotopic (exact) mass is 285 g/mol. The van der Waals surface area contributed by atoms with Gasteiger partial charge in [0, 0.05) is 19.3 Å². The van der Waals surface area contributed by atoms with Gasteiger partial charge in [-0.3, -0.25) is 4.68 Å². The SMILES string of the molecule is Cc1cccc(CNc2cnn(CC3CCCO3)c2)c1C. The van der Waals surface area contributed by atoms with E-state index in [0.29, 0.717) is 6.10 Å². The molecule has 1 aromatic carbocycles. The topological polar surface area (TPSA) is 39.1 Å². The predicted molar refractivity (Wildman–Crippen MR) is 84.4 cm³/mol. The molecule has 1 atom stereocenters. The summed E-state index contributed by atoms with van der Waals surface area (Å²) in [6.45, 7) is 6.90. The lowest BCUT2D eigenvalue weighted by Crippen LogP contribution is -2.15. The molecule has 4 nitrogen and oxygen atoms in total. The second-order valence-corrected chi connectivity index (χ2v) is 5.80. The largest absolute Gasteiger partial charge is 0.378 e. The Kier molecular flexibility index (Phi) is 4.25. The molecular formula is C17H23N3O. The molecule has 0 spiro atoms. The standard InChI is InChI=1S/C17H23N3O/c1-13-5-3-6-15(14(13)2)9-18-16-10-19-20(11-16)12-17-7-4-8-21-17/h3,5-6,10-11,17-18H,4,7-9,12H2,1-2H3. The average molecular weight is 285 g/mol. The van der Waals surface area contributed by atoms with Crippen molar-refractivity contribution in [2.45, 2.75) is 45.9 Å². The Labute approximate surface area is 126 Å². The van der Waals surface area contributed by atoms with E-state index < -0.39 is 0 Å². The summed E-state index contributed by atoms with van der Waals surface area (Å²) in [6.07, 6.45) is 6.60. The zero-order chi connectivity index (χ0) is 14.7. The Morgan fingerprint density at radius 2 is 2.29 bits per heavy atom. The van der Waals surface area contributed by atoms with Crippen molar-refractivity contribution in [3.05, 3.63) is 47.3 Å². The van der Waals surface area contributed by atoms with Crippen LogP contribution >= 0.6 is 0 Å². The van der Waals surface area contributed by atoms with E-state index >= 15 is 0 Å². The summed E-state index contributed by atoms with van der Waals surface area (Å²) in [6, 6.07) is 6.44. The minimum Gasteiger partial charge on any atom is -0.378 e. The van der Waals surface area contributed by atoms with Crippen molar-refractivity contribution in [2.24, 2.45) is 0 Å². The number of hydrogen-bond acceptors (Lipinski definition) is 3. The zero-order valence-electron chi connectivity index (χ0n) is 12.8. The first kappa shape index (κ1) is 14.1. The van der Waals surface area contributed by atoms with E-state index in [1.807, 2.05) is 10.9 Å². The minimum absolute atomic E-state index is 0.330. The Bertz CT molecular complexity index is 600. The van der Waals surface area contributed by atoms with Gasteiger partial charge in [-0.2, -0.15) is 5.10 Å². The van der Waals surface area contributed by atoms with Crippen molar-refractivity contribution >= 4 is 5.69 Å². The number of aryl methyl sites for hydroxylation is 1. The van der Waals surface area contributed by atoms with Crippen LogP contribution in [0.25, 0.3) is 0 Å². The number of hydrogen-bond donors (Lipinski definition) is 1. The van der Waals surface area contributed by atoms with Gasteiger partial charge < -0.3 is 10.1 Å². The lowest BCUT2D eigenvalue weighted by atomic mass is 10.0. The fraction of sp³-hybridized carbons (Fsp3) is 0.471. The van der Waals surface area contributed by atoms with E-state index in [1.165, 1.54) is 23.1 Å². The summed E-state index contributed by atoms with van der Waals surface area (Å²) < 4.78 is 7.62. The van der Waals surface area contributed by atoms with Gasteiger partial charge in [0.15, 0.2) is 0 Å². The summed E-state index contributed by atoms with van der Waals surface area (Å²) in [4.78, 5) is 0. The molecule has 1 unspecified atom stereocenters. The number of ether oxygens (including phenoxy) is 1. The molecule has 1 aliphatic heterocycles. The first-order chi connectivity index (χ1) is 10.2. The van der Waals surface area contributed by atoms with Gasteiger partial charge in [-0.15, -0.1) is 0 Å². The summed E-state index contributed by atoms with van der Waals surface area (Å²) in [5.74, 6) is 0. The molecule has 0 aliphatic carbocycles. The molecule has 1 aromatic heterocycles. The highest BCUT2D eigenvalue weighted by molar-refractivity contribution is 5.41. The van der Waals surface area contributed by atoms with Crippen LogP contribution < -0.4 is 5.32 Å².